The Balaban J connectivity index is 2.25. The molecule has 0 amide bonds. The van der Waals surface area contributed by atoms with E-state index in [0.717, 1.165) is 19.5 Å². The van der Waals surface area contributed by atoms with Crippen molar-refractivity contribution in [2.24, 2.45) is 11.7 Å². The van der Waals surface area contributed by atoms with Crippen LogP contribution in [0, 0.1) is 5.92 Å². The second-order valence-electron chi connectivity index (χ2n) is 3.76. The molecule has 0 aliphatic carbocycles. The molecule has 13 heavy (non-hydrogen) atoms. The Morgan fingerprint density at radius 1 is 1.62 bits per heavy atom. The van der Waals surface area contributed by atoms with Gasteiger partial charge in [0.25, 0.3) is 0 Å². The normalized spacial score (nSPS) is 29.2. The topological polar surface area (TPSA) is 55.6 Å². The van der Waals surface area contributed by atoms with Crippen LogP contribution in [-0.4, -0.2) is 44.2 Å². The number of likely N-dealkylation sites (N-methyl/N-ethyl adjacent to an activating group) is 1. The number of carbonyl (C=O) groups excluding carboxylic acids is 1. The van der Waals surface area contributed by atoms with Crippen molar-refractivity contribution in [3.8, 4) is 0 Å². The lowest BCUT2D eigenvalue weighted by Gasteiger charge is -2.12. The smallest absolute Gasteiger partial charge is 0.305 e. The van der Waals surface area contributed by atoms with E-state index < -0.39 is 0 Å². The van der Waals surface area contributed by atoms with Crippen molar-refractivity contribution >= 4 is 5.97 Å². The molecular weight excluding hydrogens is 168 g/mol. The molecule has 4 heteroatoms. The molecule has 1 heterocycles. The van der Waals surface area contributed by atoms with E-state index in [4.69, 9.17) is 5.73 Å². The average Bonchev–Trinajstić information content (AvgIpc) is 2.41. The van der Waals surface area contributed by atoms with Gasteiger partial charge in [0, 0.05) is 25.6 Å². The molecule has 1 fully saturated rings. The zero-order valence-electron chi connectivity index (χ0n) is 8.32. The first-order valence-corrected chi connectivity index (χ1v) is 4.64. The fourth-order valence-corrected chi connectivity index (χ4v) is 1.83. The number of rotatable bonds is 3. The highest BCUT2D eigenvalue weighted by atomic mass is 16.5. The van der Waals surface area contributed by atoms with Crippen LogP contribution in [0.2, 0.25) is 0 Å². The first-order chi connectivity index (χ1) is 6.13. The van der Waals surface area contributed by atoms with Gasteiger partial charge in [0.15, 0.2) is 0 Å². The number of ether oxygens (including phenoxy) is 1. The van der Waals surface area contributed by atoms with Crippen molar-refractivity contribution in [2.75, 3.05) is 27.2 Å². The van der Waals surface area contributed by atoms with E-state index in [9.17, 15) is 4.79 Å². The highest BCUT2D eigenvalue weighted by Crippen LogP contribution is 2.18. The van der Waals surface area contributed by atoms with Crippen molar-refractivity contribution in [3.05, 3.63) is 0 Å². The van der Waals surface area contributed by atoms with Gasteiger partial charge in [0.2, 0.25) is 0 Å². The van der Waals surface area contributed by atoms with E-state index in [1.54, 1.807) is 0 Å². The monoisotopic (exact) mass is 186 g/mol. The van der Waals surface area contributed by atoms with Gasteiger partial charge in [-0.25, -0.2) is 0 Å². The minimum atomic E-state index is -0.137. The summed E-state index contributed by atoms with van der Waals surface area (Å²) >= 11 is 0. The third-order valence-electron chi connectivity index (χ3n) is 2.62. The summed E-state index contributed by atoms with van der Waals surface area (Å²) < 4.78 is 4.58. The highest BCUT2D eigenvalue weighted by Gasteiger charge is 2.27. The van der Waals surface area contributed by atoms with Gasteiger partial charge in [0.05, 0.1) is 7.11 Å². The lowest BCUT2D eigenvalue weighted by Crippen LogP contribution is -2.29. The van der Waals surface area contributed by atoms with Gasteiger partial charge in [0.1, 0.15) is 0 Å². The Morgan fingerprint density at radius 2 is 2.31 bits per heavy atom. The molecule has 0 unspecified atom stereocenters. The maximum Gasteiger partial charge on any atom is 0.305 e. The number of esters is 1. The van der Waals surface area contributed by atoms with Crippen LogP contribution in [0.5, 0.6) is 0 Å². The predicted molar refractivity (Wildman–Crippen MR) is 50.2 cm³/mol. The minimum Gasteiger partial charge on any atom is -0.469 e. The molecule has 1 aliphatic rings. The van der Waals surface area contributed by atoms with Crippen LogP contribution < -0.4 is 5.73 Å². The van der Waals surface area contributed by atoms with Crippen LogP contribution in [0.1, 0.15) is 12.8 Å². The Hall–Kier alpha value is -0.610. The van der Waals surface area contributed by atoms with Gasteiger partial charge >= 0.3 is 5.97 Å². The summed E-state index contributed by atoms with van der Waals surface area (Å²) in [6.07, 6.45) is 1.33. The molecule has 1 saturated heterocycles. The van der Waals surface area contributed by atoms with Crippen molar-refractivity contribution < 1.29 is 9.53 Å². The minimum absolute atomic E-state index is 0.137. The molecule has 0 spiro atoms. The second-order valence-corrected chi connectivity index (χ2v) is 3.76. The van der Waals surface area contributed by atoms with Crippen LogP contribution in [0.3, 0.4) is 0 Å². The number of hydrogen-bond donors (Lipinski definition) is 1. The van der Waals surface area contributed by atoms with Gasteiger partial charge < -0.3 is 15.4 Å². The number of methoxy groups -OCH3 is 1. The second kappa shape index (κ2) is 4.58. The van der Waals surface area contributed by atoms with Crippen LogP contribution in [0.4, 0.5) is 0 Å². The predicted octanol–water partition coefficient (Wildman–Crippen LogP) is -0.171. The molecule has 0 aromatic heterocycles. The average molecular weight is 186 g/mol. The summed E-state index contributed by atoms with van der Waals surface area (Å²) in [4.78, 5) is 13.1. The van der Waals surface area contributed by atoms with Gasteiger partial charge in [-0.2, -0.15) is 0 Å². The molecule has 76 valence electrons. The SMILES string of the molecule is COC(=O)CC[C@H]1CN(C)C[C@H]1N. The van der Waals surface area contributed by atoms with E-state index in [0.29, 0.717) is 12.3 Å². The van der Waals surface area contributed by atoms with Crippen LogP contribution in [0.25, 0.3) is 0 Å². The summed E-state index contributed by atoms with van der Waals surface area (Å²) in [6.45, 7) is 1.93. The molecule has 1 aliphatic heterocycles. The maximum absolute atomic E-state index is 10.9. The van der Waals surface area contributed by atoms with Gasteiger partial charge in [-0.3, -0.25) is 4.79 Å². The largest absolute Gasteiger partial charge is 0.469 e. The molecule has 4 nitrogen and oxygen atoms in total. The fraction of sp³-hybridized carbons (Fsp3) is 0.889. The Bertz CT molecular complexity index is 184. The molecule has 0 saturated carbocycles. The molecule has 2 atom stereocenters. The first kappa shape index (κ1) is 10.5. The van der Waals surface area contributed by atoms with Crippen molar-refractivity contribution in [1.82, 2.24) is 4.90 Å². The summed E-state index contributed by atoms with van der Waals surface area (Å²) in [5.74, 6) is 0.311. The Kier molecular flexibility index (Phi) is 3.69. The number of nitrogens with two attached hydrogens (primary N) is 1. The number of carbonyl (C=O) groups is 1. The summed E-state index contributed by atoms with van der Waals surface area (Å²) in [7, 11) is 3.47. The summed E-state index contributed by atoms with van der Waals surface area (Å²) in [5.41, 5.74) is 5.90. The maximum atomic E-state index is 10.9. The Morgan fingerprint density at radius 3 is 2.77 bits per heavy atom. The quantitative estimate of drug-likeness (QED) is 0.622. The number of nitrogens with zero attached hydrogens (tertiary/aromatic N) is 1. The molecule has 0 radical (unpaired) electrons. The van der Waals surface area contributed by atoms with Crippen molar-refractivity contribution in [2.45, 2.75) is 18.9 Å². The van der Waals surface area contributed by atoms with Crippen LogP contribution in [0.15, 0.2) is 0 Å². The third-order valence-corrected chi connectivity index (χ3v) is 2.62. The molecule has 0 aromatic rings. The fourth-order valence-electron chi connectivity index (χ4n) is 1.83. The standard InChI is InChI=1S/C9H18N2O2/c1-11-5-7(8(10)6-11)3-4-9(12)13-2/h7-8H,3-6,10H2,1-2H3/t7-,8+/m0/s1. The van der Waals surface area contributed by atoms with E-state index in [2.05, 4.69) is 16.7 Å². The molecule has 0 aromatic carbocycles. The molecular formula is C9H18N2O2. The molecule has 2 N–H and O–H groups in total. The van der Waals surface area contributed by atoms with Gasteiger partial charge in [-0.05, 0) is 19.4 Å². The van der Waals surface area contributed by atoms with Gasteiger partial charge in [-0.15, -0.1) is 0 Å². The summed E-state index contributed by atoms with van der Waals surface area (Å²) in [5, 5.41) is 0. The van der Waals surface area contributed by atoms with E-state index in [1.165, 1.54) is 7.11 Å². The van der Waals surface area contributed by atoms with E-state index >= 15 is 0 Å². The lowest BCUT2D eigenvalue weighted by molar-refractivity contribution is -0.140. The molecule has 1 rings (SSSR count). The van der Waals surface area contributed by atoms with Crippen molar-refractivity contribution in [3.63, 3.8) is 0 Å². The van der Waals surface area contributed by atoms with E-state index in [1.807, 2.05) is 0 Å². The lowest BCUT2D eigenvalue weighted by atomic mass is 9.99. The zero-order chi connectivity index (χ0) is 9.84. The highest BCUT2D eigenvalue weighted by molar-refractivity contribution is 5.69. The molecule has 0 bridgehead atoms. The van der Waals surface area contributed by atoms with Crippen LogP contribution in [-0.2, 0) is 9.53 Å². The zero-order valence-corrected chi connectivity index (χ0v) is 8.32. The van der Waals surface area contributed by atoms with E-state index in [-0.39, 0.29) is 12.0 Å². The Labute approximate surface area is 79.0 Å². The van der Waals surface area contributed by atoms with Gasteiger partial charge in [-0.1, -0.05) is 0 Å². The van der Waals surface area contributed by atoms with Crippen molar-refractivity contribution in [1.29, 1.82) is 0 Å². The number of hydrogen-bond acceptors (Lipinski definition) is 4. The summed E-state index contributed by atoms with van der Waals surface area (Å²) in [6, 6.07) is 0.217. The first-order valence-electron chi connectivity index (χ1n) is 4.64. The number of likely N-dealkylation sites (tertiary alicyclic amines) is 1. The van der Waals surface area contributed by atoms with Crippen LogP contribution >= 0.6 is 0 Å². The third kappa shape index (κ3) is 2.97.